The number of hydrogen-bond acceptors (Lipinski definition) is 5. The Labute approximate surface area is 171 Å². The maximum atomic E-state index is 13.2. The van der Waals surface area contributed by atoms with E-state index < -0.39 is 32.4 Å². The summed E-state index contributed by atoms with van der Waals surface area (Å²) in [4.78, 5) is 14.0. The topological polar surface area (TPSA) is 91.8 Å². The van der Waals surface area contributed by atoms with Gasteiger partial charge in [0.2, 0.25) is 9.84 Å². The molecule has 0 saturated carbocycles. The van der Waals surface area contributed by atoms with Crippen molar-refractivity contribution in [2.75, 3.05) is 19.6 Å². The molecule has 0 aliphatic carbocycles. The number of nitrogens with zero attached hydrogens (tertiary/aromatic N) is 2. The highest BCUT2D eigenvalue weighted by atomic mass is 32.2. The van der Waals surface area contributed by atoms with E-state index in [1.807, 2.05) is 0 Å². The lowest BCUT2D eigenvalue weighted by atomic mass is 10.4. The Balaban J connectivity index is 1.97. The second kappa shape index (κ2) is 8.38. The van der Waals surface area contributed by atoms with Gasteiger partial charge in [-0.15, -0.1) is 0 Å². The van der Waals surface area contributed by atoms with Gasteiger partial charge in [0.1, 0.15) is 0 Å². The third kappa shape index (κ3) is 4.35. The predicted molar refractivity (Wildman–Crippen MR) is 109 cm³/mol. The van der Waals surface area contributed by atoms with E-state index in [1.54, 1.807) is 36.4 Å². The van der Waals surface area contributed by atoms with Crippen molar-refractivity contribution in [3.63, 3.8) is 0 Å². The van der Waals surface area contributed by atoms with Gasteiger partial charge >= 0.3 is 6.03 Å². The standard InChI is InChI=1S/C20H22N2O5S2/c1-17(28(24,25)18-10-4-2-5-11-18)16-22(20(23)21-14-8-9-15-21)29(26,27)19-12-6-3-7-13-19/h2-7,10-13H,1,8-9,14-16H2. The van der Waals surface area contributed by atoms with Crippen molar-refractivity contribution in [2.45, 2.75) is 22.6 Å². The highest BCUT2D eigenvalue weighted by molar-refractivity contribution is 7.95. The van der Waals surface area contributed by atoms with Crippen LogP contribution in [0.25, 0.3) is 0 Å². The van der Waals surface area contributed by atoms with Gasteiger partial charge in [-0.25, -0.2) is 25.9 Å². The molecule has 29 heavy (non-hydrogen) atoms. The van der Waals surface area contributed by atoms with Crippen LogP contribution >= 0.6 is 0 Å². The molecule has 3 rings (SSSR count). The molecule has 1 heterocycles. The molecule has 7 nitrogen and oxygen atoms in total. The Morgan fingerprint density at radius 2 is 1.34 bits per heavy atom. The number of carbonyl (C=O) groups excluding carboxylic acids is 1. The molecule has 9 heteroatoms. The molecule has 1 fully saturated rings. The Hall–Kier alpha value is -2.65. The van der Waals surface area contributed by atoms with Gasteiger partial charge in [0.15, 0.2) is 0 Å². The molecule has 0 spiro atoms. The van der Waals surface area contributed by atoms with Gasteiger partial charge in [0, 0.05) is 13.1 Å². The second-order valence-electron chi connectivity index (χ2n) is 6.66. The Kier molecular flexibility index (Phi) is 6.09. The molecule has 0 N–H and O–H groups in total. The zero-order chi connectivity index (χ0) is 21.1. The summed E-state index contributed by atoms with van der Waals surface area (Å²) >= 11 is 0. The number of carbonyl (C=O) groups is 1. The quantitative estimate of drug-likeness (QED) is 0.697. The smallest absolute Gasteiger partial charge is 0.324 e. The van der Waals surface area contributed by atoms with E-state index in [0.717, 1.165) is 12.8 Å². The van der Waals surface area contributed by atoms with Crippen molar-refractivity contribution in [3.05, 3.63) is 72.1 Å². The first kappa shape index (κ1) is 21.1. The van der Waals surface area contributed by atoms with E-state index in [4.69, 9.17) is 0 Å². The Bertz CT molecular complexity index is 1090. The normalized spacial score (nSPS) is 14.6. The first-order valence-electron chi connectivity index (χ1n) is 9.09. The molecular formula is C20H22N2O5S2. The van der Waals surface area contributed by atoms with Crippen molar-refractivity contribution < 1.29 is 21.6 Å². The van der Waals surface area contributed by atoms with Crippen LogP contribution in [0.15, 0.2) is 81.9 Å². The maximum absolute atomic E-state index is 13.2. The minimum atomic E-state index is -4.26. The van der Waals surface area contributed by atoms with E-state index >= 15 is 0 Å². The summed E-state index contributed by atoms with van der Waals surface area (Å²) in [5.41, 5.74) is 0. The number of hydrogen-bond donors (Lipinski definition) is 0. The van der Waals surface area contributed by atoms with Crippen LogP contribution in [0.1, 0.15) is 12.8 Å². The first-order chi connectivity index (χ1) is 13.7. The molecule has 1 aliphatic heterocycles. The van der Waals surface area contributed by atoms with Gasteiger partial charge in [0.25, 0.3) is 10.0 Å². The van der Waals surface area contributed by atoms with Crippen LogP contribution < -0.4 is 0 Å². The summed E-state index contributed by atoms with van der Waals surface area (Å²) in [5, 5.41) is 0. The van der Waals surface area contributed by atoms with Gasteiger partial charge in [-0.1, -0.05) is 43.0 Å². The Morgan fingerprint density at radius 1 is 0.862 bits per heavy atom. The minimum Gasteiger partial charge on any atom is -0.324 e. The molecule has 0 aromatic heterocycles. The zero-order valence-electron chi connectivity index (χ0n) is 15.8. The fourth-order valence-electron chi connectivity index (χ4n) is 3.05. The summed E-state index contributed by atoms with van der Waals surface area (Å²) in [6.45, 7) is 3.80. The average Bonchev–Trinajstić information content (AvgIpc) is 3.27. The molecule has 154 valence electrons. The number of sulfonamides is 1. The summed E-state index contributed by atoms with van der Waals surface area (Å²) in [7, 11) is -8.26. The fourth-order valence-corrected chi connectivity index (χ4v) is 5.68. The van der Waals surface area contributed by atoms with Crippen molar-refractivity contribution in [1.82, 2.24) is 9.21 Å². The van der Waals surface area contributed by atoms with Crippen molar-refractivity contribution >= 4 is 25.9 Å². The summed E-state index contributed by atoms with van der Waals surface area (Å²) in [6, 6.07) is 14.3. The number of benzene rings is 2. The fraction of sp³-hybridized carbons (Fsp3) is 0.250. The summed E-state index contributed by atoms with van der Waals surface area (Å²) in [6.07, 6.45) is 1.54. The molecule has 0 bridgehead atoms. The van der Waals surface area contributed by atoms with Crippen molar-refractivity contribution in [3.8, 4) is 0 Å². The monoisotopic (exact) mass is 434 g/mol. The summed E-state index contributed by atoms with van der Waals surface area (Å²) in [5.74, 6) is 0. The van der Waals surface area contributed by atoms with E-state index in [0.29, 0.717) is 17.4 Å². The van der Waals surface area contributed by atoms with Crippen LogP contribution in [0.3, 0.4) is 0 Å². The van der Waals surface area contributed by atoms with Crippen LogP contribution in [-0.2, 0) is 19.9 Å². The van der Waals surface area contributed by atoms with Crippen LogP contribution in [0, 0.1) is 0 Å². The highest BCUT2D eigenvalue weighted by Gasteiger charge is 2.36. The molecule has 2 aromatic carbocycles. The molecule has 0 unspecified atom stereocenters. The van der Waals surface area contributed by atoms with E-state index in [1.165, 1.54) is 29.2 Å². The first-order valence-corrected chi connectivity index (χ1v) is 12.0. The van der Waals surface area contributed by atoms with Gasteiger partial charge in [-0.2, -0.15) is 0 Å². The van der Waals surface area contributed by atoms with Gasteiger partial charge in [0.05, 0.1) is 21.2 Å². The third-order valence-corrected chi connectivity index (χ3v) is 8.19. The zero-order valence-corrected chi connectivity index (χ0v) is 17.4. The molecule has 0 atom stereocenters. The lowest BCUT2D eigenvalue weighted by Gasteiger charge is -2.28. The number of amides is 2. The maximum Gasteiger partial charge on any atom is 0.334 e. The molecular weight excluding hydrogens is 412 g/mol. The van der Waals surface area contributed by atoms with Crippen LogP contribution in [0.5, 0.6) is 0 Å². The summed E-state index contributed by atoms with van der Waals surface area (Å²) < 4.78 is 52.6. The number of urea groups is 1. The average molecular weight is 435 g/mol. The van der Waals surface area contributed by atoms with E-state index in [9.17, 15) is 21.6 Å². The lowest BCUT2D eigenvalue weighted by Crippen LogP contribution is -2.46. The van der Waals surface area contributed by atoms with Gasteiger partial charge in [-0.05, 0) is 37.1 Å². The van der Waals surface area contributed by atoms with Crippen LogP contribution in [0.4, 0.5) is 4.79 Å². The van der Waals surface area contributed by atoms with Crippen LogP contribution in [0.2, 0.25) is 0 Å². The second-order valence-corrected chi connectivity index (χ2v) is 10.6. The van der Waals surface area contributed by atoms with Crippen molar-refractivity contribution in [1.29, 1.82) is 0 Å². The van der Waals surface area contributed by atoms with E-state index in [-0.39, 0.29) is 14.7 Å². The Morgan fingerprint density at radius 3 is 1.86 bits per heavy atom. The molecule has 2 aromatic rings. The van der Waals surface area contributed by atoms with Crippen molar-refractivity contribution in [2.24, 2.45) is 0 Å². The minimum absolute atomic E-state index is 0.00400. The van der Waals surface area contributed by atoms with Gasteiger partial charge in [-0.3, -0.25) is 0 Å². The van der Waals surface area contributed by atoms with Gasteiger partial charge < -0.3 is 4.90 Å². The predicted octanol–water partition coefficient (Wildman–Crippen LogP) is 2.88. The lowest BCUT2D eigenvalue weighted by molar-refractivity contribution is 0.191. The molecule has 0 radical (unpaired) electrons. The number of sulfone groups is 1. The molecule has 1 saturated heterocycles. The largest absolute Gasteiger partial charge is 0.334 e. The number of likely N-dealkylation sites (tertiary alicyclic amines) is 1. The molecule has 2 amide bonds. The number of rotatable bonds is 6. The third-order valence-electron chi connectivity index (χ3n) is 4.67. The van der Waals surface area contributed by atoms with Crippen LogP contribution in [-0.4, -0.2) is 51.7 Å². The molecule has 1 aliphatic rings. The SMILES string of the molecule is C=C(CN(C(=O)N1CCCC1)S(=O)(=O)c1ccccc1)S(=O)(=O)c1ccccc1. The van der Waals surface area contributed by atoms with E-state index in [2.05, 4.69) is 6.58 Å². The highest BCUT2D eigenvalue weighted by Crippen LogP contribution is 2.24.